The molecule has 1 aromatic heterocycles. The molecule has 1 fully saturated rings. The van der Waals surface area contributed by atoms with Crippen LogP contribution in [0.4, 0.5) is 0 Å². The zero-order valence-electron chi connectivity index (χ0n) is 12.3. The first-order valence-electron chi connectivity index (χ1n) is 7.02. The molecular weight excluding hydrogens is 260 g/mol. The van der Waals surface area contributed by atoms with Crippen molar-refractivity contribution in [1.29, 1.82) is 0 Å². The standard InChI is InChI=1S/C13H22N4O3/c1-9(2)19-8-7-17(3)13(18)11-15-12(20-16-11)10-5-4-6-14-10/h9-10,14H,4-8H2,1-3H3. The number of amides is 1. The summed E-state index contributed by atoms with van der Waals surface area (Å²) in [6.45, 7) is 5.86. The molecule has 1 N–H and O–H groups in total. The number of carbonyl (C=O) groups is 1. The van der Waals surface area contributed by atoms with E-state index < -0.39 is 0 Å². The van der Waals surface area contributed by atoms with Crippen molar-refractivity contribution in [3.8, 4) is 0 Å². The fraction of sp³-hybridized carbons (Fsp3) is 0.769. The van der Waals surface area contributed by atoms with Crippen molar-refractivity contribution in [2.24, 2.45) is 0 Å². The van der Waals surface area contributed by atoms with Crippen LogP contribution in [-0.2, 0) is 4.74 Å². The van der Waals surface area contributed by atoms with Crippen molar-refractivity contribution in [2.45, 2.75) is 38.8 Å². The molecule has 1 amide bonds. The number of nitrogens with one attached hydrogen (secondary N) is 1. The van der Waals surface area contributed by atoms with Crippen LogP contribution >= 0.6 is 0 Å². The molecular formula is C13H22N4O3. The third-order valence-electron chi connectivity index (χ3n) is 3.22. The Kier molecular flexibility index (Phi) is 5.08. The maximum Gasteiger partial charge on any atom is 0.295 e. The lowest BCUT2D eigenvalue weighted by molar-refractivity contribution is 0.0524. The zero-order chi connectivity index (χ0) is 14.5. The van der Waals surface area contributed by atoms with Crippen molar-refractivity contribution >= 4 is 5.91 Å². The van der Waals surface area contributed by atoms with Crippen LogP contribution in [0.3, 0.4) is 0 Å². The molecule has 1 atom stereocenters. The van der Waals surface area contributed by atoms with Crippen LogP contribution in [0.2, 0.25) is 0 Å². The van der Waals surface area contributed by atoms with E-state index in [0.717, 1.165) is 19.4 Å². The lowest BCUT2D eigenvalue weighted by Crippen LogP contribution is -2.31. The minimum Gasteiger partial charge on any atom is -0.377 e. The van der Waals surface area contributed by atoms with E-state index in [1.807, 2.05) is 13.8 Å². The Labute approximate surface area is 118 Å². The van der Waals surface area contributed by atoms with Gasteiger partial charge in [0.25, 0.3) is 11.7 Å². The molecule has 1 aliphatic heterocycles. The number of rotatable bonds is 6. The SMILES string of the molecule is CC(C)OCCN(C)C(=O)c1noc(C2CCCN2)n1. The molecule has 1 unspecified atom stereocenters. The van der Waals surface area contributed by atoms with Crippen molar-refractivity contribution in [3.63, 3.8) is 0 Å². The molecule has 20 heavy (non-hydrogen) atoms. The summed E-state index contributed by atoms with van der Waals surface area (Å²) in [5.41, 5.74) is 0. The van der Waals surface area contributed by atoms with Crippen molar-refractivity contribution in [2.75, 3.05) is 26.7 Å². The van der Waals surface area contributed by atoms with Gasteiger partial charge in [0.05, 0.1) is 18.8 Å². The van der Waals surface area contributed by atoms with Crippen LogP contribution in [0.25, 0.3) is 0 Å². The largest absolute Gasteiger partial charge is 0.377 e. The first-order chi connectivity index (χ1) is 9.58. The second-order valence-electron chi connectivity index (χ2n) is 5.25. The minimum absolute atomic E-state index is 0.0821. The minimum atomic E-state index is -0.245. The van der Waals surface area contributed by atoms with E-state index in [0.29, 0.717) is 19.0 Å². The van der Waals surface area contributed by atoms with E-state index in [1.165, 1.54) is 0 Å². The highest BCUT2D eigenvalue weighted by Crippen LogP contribution is 2.21. The van der Waals surface area contributed by atoms with Crippen molar-refractivity contribution in [1.82, 2.24) is 20.4 Å². The summed E-state index contributed by atoms with van der Waals surface area (Å²) >= 11 is 0. The Balaban J connectivity index is 1.88. The Morgan fingerprint density at radius 1 is 1.60 bits per heavy atom. The van der Waals surface area contributed by atoms with Gasteiger partial charge in [0.15, 0.2) is 0 Å². The van der Waals surface area contributed by atoms with Crippen LogP contribution in [-0.4, -0.2) is 53.8 Å². The Morgan fingerprint density at radius 2 is 2.40 bits per heavy atom. The van der Waals surface area contributed by atoms with Gasteiger partial charge >= 0.3 is 0 Å². The highest BCUT2D eigenvalue weighted by atomic mass is 16.5. The van der Waals surface area contributed by atoms with Gasteiger partial charge in [-0.05, 0) is 33.2 Å². The smallest absolute Gasteiger partial charge is 0.295 e. The van der Waals surface area contributed by atoms with Crippen LogP contribution in [0.5, 0.6) is 0 Å². The molecule has 112 valence electrons. The maximum absolute atomic E-state index is 12.1. The van der Waals surface area contributed by atoms with Crippen molar-refractivity contribution < 1.29 is 14.1 Å². The molecule has 0 spiro atoms. The van der Waals surface area contributed by atoms with Gasteiger partial charge in [-0.1, -0.05) is 5.16 Å². The number of hydrogen-bond acceptors (Lipinski definition) is 6. The first-order valence-corrected chi connectivity index (χ1v) is 7.02. The summed E-state index contributed by atoms with van der Waals surface area (Å²) < 4.78 is 10.6. The van der Waals surface area contributed by atoms with Gasteiger partial charge in [-0.3, -0.25) is 4.79 Å². The fourth-order valence-electron chi connectivity index (χ4n) is 2.06. The second kappa shape index (κ2) is 6.81. The number of ether oxygens (including phenoxy) is 1. The molecule has 1 aromatic rings. The van der Waals surface area contributed by atoms with Gasteiger partial charge in [0, 0.05) is 13.6 Å². The quantitative estimate of drug-likeness (QED) is 0.838. The molecule has 7 nitrogen and oxygen atoms in total. The highest BCUT2D eigenvalue weighted by molar-refractivity contribution is 5.90. The third-order valence-corrected chi connectivity index (χ3v) is 3.22. The summed E-state index contributed by atoms with van der Waals surface area (Å²) in [7, 11) is 1.70. The zero-order valence-corrected chi connectivity index (χ0v) is 12.3. The van der Waals surface area contributed by atoms with E-state index in [1.54, 1.807) is 11.9 Å². The summed E-state index contributed by atoms with van der Waals surface area (Å²) in [6.07, 6.45) is 2.21. The number of nitrogens with zero attached hydrogens (tertiary/aromatic N) is 3. The molecule has 2 rings (SSSR count). The summed E-state index contributed by atoms with van der Waals surface area (Å²) in [4.78, 5) is 17.8. The molecule has 0 radical (unpaired) electrons. The van der Waals surface area contributed by atoms with E-state index in [4.69, 9.17) is 9.26 Å². The Morgan fingerprint density at radius 3 is 3.05 bits per heavy atom. The summed E-state index contributed by atoms with van der Waals surface area (Å²) in [6, 6.07) is 0.0821. The number of likely N-dealkylation sites (N-methyl/N-ethyl adjacent to an activating group) is 1. The maximum atomic E-state index is 12.1. The highest BCUT2D eigenvalue weighted by Gasteiger charge is 2.25. The lowest BCUT2D eigenvalue weighted by atomic mass is 10.2. The van der Waals surface area contributed by atoms with Crippen LogP contribution in [0.15, 0.2) is 4.52 Å². The van der Waals surface area contributed by atoms with E-state index in [-0.39, 0.29) is 23.9 Å². The first kappa shape index (κ1) is 14.9. The van der Waals surface area contributed by atoms with Crippen molar-refractivity contribution in [3.05, 3.63) is 11.7 Å². The normalized spacial score (nSPS) is 18.7. The van der Waals surface area contributed by atoms with E-state index in [2.05, 4.69) is 15.5 Å². The number of hydrogen-bond donors (Lipinski definition) is 1. The Hall–Kier alpha value is -1.47. The summed E-state index contributed by atoms with van der Waals surface area (Å²) in [5.74, 6) is 0.365. The fourth-order valence-corrected chi connectivity index (χ4v) is 2.06. The molecule has 0 bridgehead atoms. The molecule has 0 aromatic carbocycles. The molecule has 0 aliphatic carbocycles. The van der Waals surface area contributed by atoms with E-state index >= 15 is 0 Å². The molecule has 1 aliphatic rings. The van der Waals surface area contributed by atoms with Gasteiger partial charge in [-0.15, -0.1) is 0 Å². The predicted octanol–water partition coefficient (Wildman–Crippen LogP) is 0.991. The van der Waals surface area contributed by atoms with Gasteiger partial charge < -0.3 is 19.5 Å². The van der Waals surface area contributed by atoms with Gasteiger partial charge in [-0.25, -0.2) is 0 Å². The average Bonchev–Trinajstić information content (AvgIpc) is 3.07. The molecule has 2 heterocycles. The number of aromatic nitrogens is 2. The van der Waals surface area contributed by atoms with Gasteiger partial charge in [0.1, 0.15) is 0 Å². The lowest BCUT2D eigenvalue weighted by Gasteiger charge is -2.16. The monoisotopic (exact) mass is 282 g/mol. The molecule has 0 saturated carbocycles. The van der Waals surface area contributed by atoms with Crippen LogP contribution in [0, 0.1) is 0 Å². The summed E-state index contributed by atoms with van der Waals surface area (Å²) in [5, 5.41) is 7.03. The van der Waals surface area contributed by atoms with Crippen LogP contribution < -0.4 is 5.32 Å². The molecule has 1 saturated heterocycles. The topological polar surface area (TPSA) is 80.5 Å². The average molecular weight is 282 g/mol. The predicted molar refractivity (Wildman–Crippen MR) is 72.3 cm³/mol. The van der Waals surface area contributed by atoms with Gasteiger partial charge in [0.2, 0.25) is 5.89 Å². The van der Waals surface area contributed by atoms with Gasteiger partial charge in [-0.2, -0.15) is 4.98 Å². The Bertz CT molecular complexity index is 441. The second-order valence-corrected chi connectivity index (χ2v) is 5.25. The van der Waals surface area contributed by atoms with E-state index in [9.17, 15) is 4.79 Å². The van der Waals surface area contributed by atoms with Crippen LogP contribution in [0.1, 0.15) is 49.2 Å². The molecule has 7 heteroatoms. The number of carbonyl (C=O) groups excluding carboxylic acids is 1. The third kappa shape index (κ3) is 3.77.